The van der Waals surface area contributed by atoms with Crippen LogP contribution in [0.4, 0.5) is 0 Å². The van der Waals surface area contributed by atoms with E-state index in [9.17, 15) is 9.59 Å². The zero-order valence-electron chi connectivity index (χ0n) is 18.8. The molecule has 33 heavy (non-hydrogen) atoms. The maximum Gasteiger partial charge on any atom is 0.278 e. The van der Waals surface area contributed by atoms with E-state index < -0.39 is 0 Å². The summed E-state index contributed by atoms with van der Waals surface area (Å²) in [5.41, 5.74) is 7.42. The van der Waals surface area contributed by atoms with E-state index in [1.165, 1.54) is 16.0 Å². The van der Waals surface area contributed by atoms with E-state index in [1.807, 2.05) is 56.3 Å². The lowest BCUT2D eigenvalue weighted by atomic mass is 9.96. The summed E-state index contributed by atoms with van der Waals surface area (Å²) in [7, 11) is 0. The smallest absolute Gasteiger partial charge is 0.278 e. The van der Waals surface area contributed by atoms with E-state index in [0.717, 1.165) is 28.7 Å². The number of carbonyl (C=O) groups excluding carboxylic acids is 2. The summed E-state index contributed by atoms with van der Waals surface area (Å²) in [4.78, 5) is 30.8. The molecule has 3 aromatic carbocycles. The topological polar surface area (TPSA) is 40.6 Å². The lowest BCUT2D eigenvalue weighted by Gasteiger charge is -2.31. The molecule has 166 valence electrons. The average molecular weight is 457 g/mol. The zero-order valence-corrected chi connectivity index (χ0v) is 19.5. The molecular formula is C28H25ClN2O2. The van der Waals surface area contributed by atoms with E-state index in [1.54, 1.807) is 12.1 Å². The maximum atomic E-state index is 13.7. The Morgan fingerprint density at radius 1 is 0.848 bits per heavy atom. The quantitative estimate of drug-likeness (QED) is 0.500. The minimum absolute atomic E-state index is 0.219. The molecule has 3 aromatic rings. The van der Waals surface area contributed by atoms with Gasteiger partial charge in [-0.1, -0.05) is 66.2 Å². The molecule has 0 aromatic heterocycles. The first-order chi connectivity index (χ1) is 15.9. The van der Waals surface area contributed by atoms with Crippen LogP contribution in [0.1, 0.15) is 33.4 Å². The van der Waals surface area contributed by atoms with Crippen molar-refractivity contribution in [3.05, 3.63) is 111 Å². The van der Waals surface area contributed by atoms with E-state index in [4.69, 9.17) is 11.6 Å². The molecule has 0 saturated carbocycles. The van der Waals surface area contributed by atoms with Crippen LogP contribution in [0, 0.1) is 13.8 Å². The molecule has 0 spiro atoms. The number of nitrogens with zero attached hydrogens (tertiary/aromatic N) is 2. The predicted octanol–water partition coefficient (Wildman–Crippen LogP) is 5.30. The molecule has 0 unspecified atom stereocenters. The number of hydrogen-bond donors (Lipinski definition) is 0. The number of imide groups is 1. The molecule has 0 fully saturated rings. The standard InChI is InChI=1S/C28H25ClN2O2/c1-18-7-10-22(15-19(18)2)25-26(30-14-13-21-5-3-4-6-23(21)17-30)28(33)31(27(25)32)16-20-8-11-24(29)12-9-20/h3-12,15H,13-14,16-17H2,1-2H3. The number of carbonyl (C=O) groups is 2. The average Bonchev–Trinajstić information content (AvgIpc) is 3.06. The summed E-state index contributed by atoms with van der Waals surface area (Å²) < 4.78 is 0. The SMILES string of the molecule is Cc1ccc(C2=C(N3CCc4ccccc4C3)C(=O)N(Cc3ccc(Cl)cc3)C2=O)cc1C. The fourth-order valence-electron chi connectivity index (χ4n) is 4.62. The van der Waals surface area contributed by atoms with Crippen molar-refractivity contribution in [1.82, 2.24) is 9.80 Å². The van der Waals surface area contributed by atoms with Crippen LogP contribution in [0.25, 0.3) is 5.57 Å². The molecule has 2 amide bonds. The van der Waals surface area contributed by atoms with Crippen molar-refractivity contribution in [2.24, 2.45) is 0 Å². The molecule has 0 saturated heterocycles. The van der Waals surface area contributed by atoms with E-state index >= 15 is 0 Å². The van der Waals surface area contributed by atoms with Crippen molar-refractivity contribution in [1.29, 1.82) is 0 Å². The third-order valence-electron chi connectivity index (χ3n) is 6.64. The van der Waals surface area contributed by atoms with Gasteiger partial charge in [0.25, 0.3) is 11.8 Å². The third-order valence-corrected chi connectivity index (χ3v) is 6.89. The predicted molar refractivity (Wildman–Crippen MR) is 130 cm³/mol. The molecular weight excluding hydrogens is 432 g/mol. The lowest BCUT2D eigenvalue weighted by molar-refractivity contribution is -0.138. The minimum atomic E-state index is -0.243. The first-order valence-electron chi connectivity index (χ1n) is 11.2. The van der Waals surface area contributed by atoms with Gasteiger partial charge in [0.15, 0.2) is 0 Å². The van der Waals surface area contributed by atoms with Gasteiger partial charge in [-0.2, -0.15) is 0 Å². The largest absolute Gasteiger partial charge is 0.362 e. The molecule has 0 bridgehead atoms. The van der Waals surface area contributed by atoms with Gasteiger partial charge >= 0.3 is 0 Å². The van der Waals surface area contributed by atoms with Gasteiger partial charge in [0, 0.05) is 18.1 Å². The van der Waals surface area contributed by atoms with Crippen LogP contribution in [-0.4, -0.2) is 28.2 Å². The van der Waals surface area contributed by atoms with Crippen molar-refractivity contribution in [3.63, 3.8) is 0 Å². The van der Waals surface area contributed by atoms with Gasteiger partial charge in [0.1, 0.15) is 5.70 Å². The second kappa shape index (κ2) is 8.53. The second-order valence-electron chi connectivity index (χ2n) is 8.79. The van der Waals surface area contributed by atoms with Crippen molar-refractivity contribution < 1.29 is 9.59 Å². The number of fused-ring (bicyclic) bond motifs is 1. The molecule has 4 nitrogen and oxygen atoms in total. The monoisotopic (exact) mass is 456 g/mol. The van der Waals surface area contributed by atoms with Crippen LogP contribution < -0.4 is 0 Å². The summed E-state index contributed by atoms with van der Waals surface area (Å²) in [5, 5.41) is 0.624. The number of aryl methyl sites for hydroxylation is 2. The van der Waals surface area contributed by atoms with Crippen LogP contribution in [-0.2, 0) is 29.1 Å². The molecule has 2 aliphatic heterocycles. The van der Waals surface area contributed by atoms with Gasteiger partial charge in [0.05, 0.1) is 12.1 Å². The van der Waals surface area contributed by atoms with Crippen molar-refractivity contribution in [2.45, 2.75) is 33.4 Å². The molecule has 5 heteroatoms. The Bertz CT molecular complexity index is 1290. The van der Waals surface area contributed by atoms with Gasteiger partial charge in [-0.05, 0) is 65.8 Å². The molecule has 0 aliphatic carbocycles. The summed E-state index contributed by atoms with van der Waals surface area (Å²) in [5.74, 6) is -0.477. The number of benzene rings is 3. The fraction of sp³-hybridized carbons (Fsp3) is 0.214. The summed E-state index contributed by atoms with van der Waals surface area (Å²) >= 11 is 6.02. The number of halogens is 1. The highest BCUT2D eigenvalue weighted by molar-refractivity contribution is 6.35. The maximum absolute atomic E-state index is 13.7. The Hall–Kier alpha value is -3.37. The highest BCUT2D eigenvalue weighted by Gasteiger charge is 2.42. The summed E-state index contributed by atoms with van der Waals surface area (Å²) in [6.07, 6.45) is 0.846. The number of rotatable bonds is 4. The van der Waals surface area contributed by atoms with Crippen molar-refractivity contribution in [2.75, 3.05) is 6.54 Å². The second-order valence-corrected chi connectivity index (χ2v) is 9.22. The van der Waals surface area contributed by atoms with Crippen molar-refractivity contribution >= 4 is 29.0 Å². The molecule has 0 atom stereocenters. The van der Waals surface area contributed by atoms with E-state index in [-0.39, 0.29) is 18.4 Å². The van der Waals surface area contributed by atoms with Gasteiger partial charge in [0.2, 0.25) is 0 Å². The normalized spacial score (nSPS) is 16.0. The van der Waals surface area contributed by atoms with Crippen LogP contribution in [0.5, 0.6) is 0 Å². The first kappa shape index (κ1) is 21.5. The van der Waals surface area contributed by atoms with Gasteiger partial charge in [-0.25, -0.2) is 0 Å². The minimum Gasteiger partial charge on any atom is -0.362 e. The zero-order chi connectivity index (χ0) is 23.1. The van der Waals surface area contributed by atoms with Crippen molar-refractivity contribution in [3.8, 4) is 0 Å². The first-order valence-corrected chi connectivity index (χ1v) is 11.5. The Morgan fingerprint density at radius 2 is 1.58 bits per heavy atom. The summed E-state index contributed by atoms with van der Waals surface area (Å²) in [6, 6.07) is 21.6. The Labute approximate surface area is 199 Å². The Balaban J connectivity index is 1.57. The highest BCUT2D eigenvalue weighted by atomic mass is 35.5. The third kappa shape index (κ3) is 3.96. The fourth-order valence-corrected chi connectivity index (χ4v) is 4.74. The van der Waals surface area contributed by atoms with E-state index in [0.29, 0.717) is 29.4 Å². The van der Waals surface area contributed by atoms with Crippen LogP contribution >= 0.6 is 11.6 Å². The molecule has 2 heterocycles. The van der Waals surface area contributed by atoms with E-state index in [2.05, 4.69) is 17.0 Å². The van der Waals surface area contributed by atoms with Crippen LogP contribution in [0.2, 0.25) is 5.02 Å². The van der Waals surface area contributed by atoms with Crippen LogP contribution in [0.15, 0.2) is 72.4 Å². The summed E-state index contributed by atoms with van der Waals surface area (Å²) in [6.45, 7) is 5.62. The molecule has 5 rings (SSSR count). The Kier molecular flexibility index (Phi) is 5.55. The van der Waals surface area contributed by atoms with Gasteiger partial charge in [-0.3, -0.25) is 14.5 Å². The van der Waals surface area contributed by atoms with Gasteiger partial charge < -0.3 is 4.90 Å². The number of hydrogen-bond acceptors (Lipinski definition) is 3. The molecule has 2 aliphatic rings. The van der Waals surface area contributed by atoms with Gasteiger partial charge in [-0.15, -0.1) is 0 Å². The number of amides is 2. The van der Waals surface area contributed by atoms with Crippen LogP contribution in [0.3, 0.4) is 0 Å². The molecule has 0 N–H and O–H groups in total. The lowest BCUT2D eigenvalue weighted by Crippen LogP contribution is -2.37. The highest BCUT2D eigenvalue weighted by Crippen LogP contribution is 2.35. The Morgan fingerprint density at radius 3 is 2.30 bits per heavy atom. The molecule has 0 radical (unpaired) electrons.